The van der Waals surface area contributed by atoms with Gasteiger partial charge in [0.1, 0.15) is 12.1 Å². The lowest BCUT2D eigenvalue weighted by Gasteiger charge is -2.32. The van der Waals surface area contributed by atoms with Gasteiger partial charge in [-0.05, 0) is 26.7 Å². The Morgan fingerprint density at radius 1 is 1.58 bits per heavy atom. The zero-order valence-electron chi connectivity index (χ0n) is 11.3. The maximum atomic E-state index is 11.1. The van der Waals surface area contributed by atoms with E-state index in [4.69, 9.17) is 9.84 Å². The highest BCUT2D eigenvalue weighted by Crippen LogP contribution is 2.28. The van der Waals surface area contributed by atoms with E-state index < -0.39 is 5.97 Å². The van der Waals surface area contributed by atoms with E-state index in [1.807, 2.05) is 18.7 Å². The van der Waals surface area contributed by atoms with Gasteiger partial charge in [-0.25, -0.2) is 9.97 Å². The maximum absolute atomic E-state index is 11.1. The fourth-order valence-electron chi connectivity index (χ4n) is 2.40. The van der Waals surface area contributed by atoms with E-state index >= 15 is 0 Å². The van der Waals surface area contributed by atoms with Crippen LogP contribution in [-0.2, 0) is 4.79 Å². The molecule has 2 heterocycles. The van der Waals surface area contributed by atoms with E-state index in [1.165, 1.54) is 6.33 Å². The number of nitrogens with zero attached hydrogens (tertiary/aromatic N) is 3. The van der Waals surface area contributed by atoms with Crippen molar-refractivity contribution in [1.82, 2.24) is 9.97 Å². The van der Waals surface area contributed by atoms with Crippen molar-refractivity contribution < 1.29 is 14.6 Å². The summed E-state index contributed by atoms with van der Waals surface area (Å²) in [7, 11) is 0. The van der Waals surface area contributed by atoms with Gasteiger partial charge in [0, 0.05) is 13.1 Å². The van der Waals surface area contributed by atoms with Crippen LogP contribution in [0, 0.1) is 12.8 Å². The molecule has 1 N–H and O–H groups in total. The second-order valence-corrected chi connectivity index (χ2v) is 4.68. The van der Waals surface area contributed by atoms with Crippen molar-refractivity contribution in [2.75, 3.05) is 24.6 Å². The Balaban J connectivity index is 2.21. The molecule has 1 aromatic rings. The number of hydrogen-bond donors (Lipinski definition) is 1. The number of carboxylic acid groups (broad SMARTS) is 1. The molecule has 1 unspecified atom stereocenters. The summed E-state index contributed by atoms with van der Waals surface area (Å²) >= 11 is 0. The number of carboxylic acids is 1. The van der Waals surface area contributed by atoms with E-state index in [-0.39, 0.29) is 5.92 Å². The Labute approximate surface area is 112 Å². The summed E-state index contributed by atoms with van der Waals surface area (Å²) in [6.07, 6.45) is 3.07. The molecule has 1 saturated heterocycles. The van der Waals surface area contributed by atoms with Crippen LogP contribution in [0.4, 0.5) is 5.82 Å². The summed E-state index contributed by atoms with van der Waals surface area (Å²) in [5.74, 6) is 0.300. The van der Waals surface area contributed by atoms with Crippen LogP contribution in [0.1, 0.15) is 25.3 Å². The molecule has 0 aliphatic carbocycles. The molecule has 2 rings (SSSR count). The monoisotopic (exact) mass is 265 g/mol. The Kier molecular flexibility index (Phi) is 4.19. The lowest BCUT2D eigenvalue weighted by molar-refractivity contribution is -0.141. The van der Waals surface area contributed by atoms with Crippen molar-refractivity contribution in [3.63, 3.8) is 0 Å². The second kappa shape index (κ2) is 5.86. The zero-order valence-corrected chi connectivity index (χ0v) is 11.3. The number of rotatable bonds is 4. The Bertz CT molecular complexity index is 464. The zero-order chi connectivity index (χ0) is 13.8. The number of ether oxygens (including phenoxy) is 1. The minimum atomic E-state index is -0.735. The highest BCUT2D eigenvalue weighted by molar-refractivity contribution is 5.71. The maximum Gasteiger partial charge on any atom is 0.308 e. The largest absolute Gasteiger partial charge is 0.481 e. The molecule has 0 amide bonds. The third-order valence-electron chi connectivity index (χ3n) is 3.36. The summed E-state index contributed by atoms with van der Waals surface area (Å²) in [4.78, 5) is 21.5. The smallest absolute Gasteiger partial charge is 0.308 e. The highest BCUT2D eigenvalue weighted by Gasteiger charge is 2.27. The lowest BCUT2D eigenvalue weighted by atomic mass is 9.98. The van der Waals surface area contributed by atoms with Crippen LogP contribution in [0.25, 0.3) is 0 Å². The molecular formula is C13H19N3O3. The van der Waals surface area contributed by atoms with Gasteiger partial charge in [0.05, 0.1) is 18.1 Å². The van der Waals surface area contributed by atoms with Crippen LogP contribution in [0.3, 0.4) is 0 Å². The molecule has 1 atom stereocenters. The first-order valence-electron chi connectivity index (χ1n) is 6.55. The van der Waals surface area contributed by atoms with Crippen LogP contribution in [0.5, 0.6) is 5.88 Å². The van der Waals surface area contributed by atoms with Crippen LogP contribution in [-0.4, -0.2) is 40.7 Å². The molecule has 1 aromatic heterocycles. The second-order valence-electron chi connectivity index (χ2n) is 4.68. The molecule has 0 radical (unpaired) electrons. The fraction of sp³-hybridized carbons (Fsp3) is 0.615. The van der Waals surface area contributed by atoms with Gasteiger partial charge >= 0.3 is 5.97 Å². The molecule has 1 aliphatic rings. The predicted molar refractivity (Wildman–Crippen MR) is 70.5 cm³/mol. The van der Waals surface area contributed by atoms with Crippen molar-refractivity contribution in [3.8, 4) is 5.88 Å². The summed E-state index contributed by atoms with van der Waals surface area (Å²) < 4.78 is 5.45. The van der Waals surface area contributed by atoms with Gasteiger partial charge in [0.25, 0.3) is 0 Å². The first-order chi connectivity index (χ1) is 9.13. The van der Waals surface area contributed by atoms with E-state index in [0.717, 1.165) is 30.8 Å². The molecule has 19 heavy (non-hydrogen) atoms. The average Bonchev–Trinajstić information content (AvgIpc) is 2.41. The number of carbonyl (C=O) groups is 1. The predicted octanol–water partition coefficient (Wildman–Crippen LogP) is 1.48. The van der Waals surface area contributed by atoms with Crippen molar-refractivity contribution in [1.29, 1.82) is 0 Å². The SMILES string of the molecule is CCOc1ncnc(N2CCCC(C(=O)O)C2)c1C. The molecule has 1 fully saturated rings. The van der Waals surface area contributed by atoms with E-state index in [0.29, 0.717) is 19.0 Å². The molecular weight excluding hydrogens is 246 g/mol. The highest BCUT2D eigenvalue weighted by atomic mass is 16.5. The van der Waals surface area contributed by atoms with Gasteiger partial charge in [0.15, 0.2) is 0 Å². The Morgan fingerprint density at radius 3 is 3.05 bits per heavy atom. The number of piperidine rings is 1. The van der Waals surface area contributed by atoms with Crippen molar-refractivity contribution in [2.45, 2.75) is 26.7 Å². The lowest BCUT2D eigenvalue weighted by Crippen LogP contribution is -2.39. The topological polar surface area (TPSA) is 75.6 Å². The van der Waals surface area contributed by atoms with E-state index in [9.17, 15) is 4.79 Å². The minimum Gasteiger partial charge on any atom is -0.481 e. The van der Waals surface area contributed by atoms with Gasteiger partial charge in [-0.1, -0.05) is 0 Å². The molecule has 6 nitrogen and oxygen atoms in total. The molecule has 0 spiro atoms. The minimum absolute atomic E-state index is 0.321. The molecule has 6 heteroatoms. The van der Waals surface area contributed by atoms with Crippen LogP contribution < -0.4 is 9.64 Å². The summed E-state index contributed by atoms with van der Waals surface area (Å²) in [5, 5.41) is 9.13. The summed E-state index contributed by atoms with van der Waals surface area (Å²) in [5.41, 5.74) is 0.871. The Morgan fingerprint density at radius 2 is 2.37 bits per heavy atom. The number of aromatic nitrogens is 2. The Hall–Kier alpha value is -1.85. The van der Waals surface area contributed by atoms with E-state index in [2.05, 4.69) is 9.97 Å². The number of aliphatic carboxylic acids is 1. The number of hydrogen-bond acceptors (Lipinski definition) is 5. The standard InChI is InChI=1S/C13H19N3O3/c1-3-19-12-9(2)11(14-8-15-12)16-6-4-5-10(7-16)13(17)18/h8,10H,3-7H2,1-2H3,(H,17,18). The quantitative estimate of drug-likeness (QED) is 0.888. The summed E-state index contributed by atoms with van der Waals surface area (Å²) in [6.45, 7) is 5.69. The van der Waals surface area contributed by atoms with E-state index in [1.54, 1.807) is 0 Å². The third-order valence-corrected chi connectivity index (χ3v) is 3.36. The average molecular weight is 265 g/mol. The van der Waals surface area contributed by atoms with Gasteiger partial charge in [-0.3, -0.25) is 4.79 Å². The fourth-order valence-corrected chi connectivity index (χ4v) is 2.40. The molecule has 1 aliphatic heterocycles. The first kappa shape index (κ1) is 13.6. The first-order valence-corrected chi connectivity index (χ1v) is 6.55. The molecule has 0 saturated carbocycles. The van der Waals surface area contributed by atoms with Crippen LogP contribution >= 0.6 is 0 Å². The van der Waals surface area contributed by atoms with Crippen LogP contribution in [0.2, 0.25) is 0 Å². The normalized spacial score (nSPS) is 19.3. The molecule has 104 valence electrons. The van der Waals surface area contributed by atoms with Gasteiger partial charge in [-0.2, -0.15) is 0 Å². The third kappa shape index (κ3) is 2.94. The van der Waals surface area contributed by atoms with Crippen molar-refractivity contribution in [3.05, 3.63) is 11.9 Å². The van der Waals surface area contributed by atoms with Crippen LogP contribution in [0.15, 0.2) is 6.33 Å². The number of anilines is 1. The van der Waals surface area contributed by atoms with Gasteiger partial charge in [0.2, 0.25) is 5.88 Å². The molecule has 0 bridgehead atoms. The molecule has 0 aromatic carbocycles. The van der Waals surface area contributed by atoms with Gasteiger partial charge in [-0.15, -0.1) is 0 Å². The van der Waals surface area contributed by atoms with Crippen molar-refractivity contribution in [2.24, 2.45) is 5.92 Å². The summed E-state index contributed by atoms with van der Waals surface area (Å²) in [6, 6.07) is 0. The van der Waals surface area contributed by atoms with Crippen molar-refractivity contribution >= 4 is 11.8 Å². The van der Waals surface area contributed by atoms with Gasteiger partial charge < -0.3 is 14.7 Å².